The van der Waals surface area contributed by atoms with Crippen molar-refractivity contribution in [2.75, 3.05) is 6.61 Å². The molecular weight excluding hydrogens is 510 g/mol. The number of aliphatic hydroxyl groups is 3. The molecule has 0 aliphatic heterocycles. The first-order chi connectivity index (χ1) is 20.0. The SMILES string of the molecule is CCCCCCCC/C=C\C/C=C\C(O)CC(=O)NC(CO)C(O)/C=C/CCCCCCCCCCCCCCC. The van der Waals surface area contributed by atoms with E-state index < -0.39 is 18.2 Å². The molecule has 0 heterocycles. The first-order valence-corrected chi connectivity index (χ1v) is 17.3. The highest BCUT2D eigenvalue weighted by molar-refractivity contribution is 5.77. The fourth-order valence-corrected chi connectivity index (χ4v) is 4.98. The first-order valence-electron chi connectivity index (χ1n) is 17.3. The van der Waals surface area contributed by atoms with Gasteiger partial charge in [-0.1, -0.05) is 159 Å². The summed E-state index contributed by atoms with van der Waals surface area (Å²) in [5.41, 5.74) is 0. The van der Waals surface area contributed by atoms with Crippen LogP contribution in [0.4, 0.5) is 0 Å². The Labute approximate surface area is 254 Å². The van der Waals surface area contributed by atoms with Crippen LogP contribution in [0.15, 0.2) is 36.5 Å². The second-order valence-corrected chi connectivity index (χ2v) is 11.8. The van der Waals surface area contributed by atoms with Crippen molar-refractivity contribution in [2.45, 2.75) is 180 Å². The summed E-state index contributed by atoms with van der Waals surface area (Å²) < 4.78 is 0. The maximum atomic E-state index is 12.3. The van der Waals surface area contributed by atoms with Crippen LogP contribution in [0.25, 0.3) is 0 Å². The summed E-state index contributed by atoms with van der Waals surface area (Å²) in [4.78, 5) is 12.3. The van der Waals surface area contributed by atoms with Crippen molar-refractivity contribution < 1.29 is 20.1 Å². The van der Waals surface area contributed by atoms with Crippen LogP contribution in [0.2, 0.25) is 0 Å². The highest BCUT2D eigenvalue weighted by atomic mass is 16.3. The molecule has 5 nitrogen and oxygen atoms in total. The molecule has 0 aromatic heterocycles. The lowest BCUT2D eigenvalue weighted by Gasteiger charge is -2.20. The van der Waals surface area contributed by atoms with E-state index in [0.29, 0.717) is 0 Å². The molecule has 3 atom stereocenters. The second kappa shape index (κ2) is 31.5. The van der Waals surface area contributed by atoms with Gasteiger partial charge < -0.3 is 20.6 Å². The van der Waals surface area contributed by atoms with Crippen molar-refractivity contribution in [3.63, 3.8) is 0 Å². The van der Waals surface area contributed by atoms with Gasteiger partial charge in [0.25, 0.3) is 0 Å². The van der Waals surface area contributed by atoms with E-state index in [1.54, 1.807) is 12.2 Å². The first kappa shape index (κ1) is 39.6. The maximum absolute atomic E-state index is 12.3. The third kappa shape index (κ3) is 28.5. The third-order valence-corrected chi connectivity index (χ3v) is 7.68. The van der Waals surface area contributed by atoms with Crippen molar-refractivity contribution in [3.05, 3.63) is 36.5 Å². The smallest absolute Gasteiger partial charge is 0.223 e. The molecule has 5 heteroatoms. The predicted octanol–water partition coefficient (Wildman–Crippen LogP) is 8.87. The summed E-state index contributed by atoms with van der Waals surface area (Å²) in [5, 5.41) is 32.8. The zero-order valence-corrected chi connectivity index (χ0v) is 26.9. The molecule has 1 amide bonds. The van der Waals surface area contributed by atoms with Crippen molar-refractivity contribution in [3.8, 4) is 0 Å². The van der Waals surface area contributed by atoms with Gasteiger partial charge in [0.2, 0.25) is 5.91 Å². The highest BCUT2D eigenvalue weighted by Gasteiger charge is 2.19. The van der Waals surface area contributed by atoms with Crippen LogP contribution in [-0.4, -0.2) is 46.1 Å². The minimum atomic E-state index is -0.949. The average Bonchev–Trinajstić information content (AvgIpc) is 2.96. The lowest BCUT2D eigenvalue weighted by Crippen LogP contribution is -2.45. The van der Waals surface area contributed by atoms with Crippen LogP contribution in [-0.2, 0) is 4.79 Å². The number of hydrogen-bond acceptors (Lipinski definition) is 4. The van der Waals surface area contributed by atoms with Gasteiger partial charge in [0.05, 0.1) is 31.3 Å². The Bertz CT molecular complexity index is 645. The second-order valence-electron chi connectivity index (χ2n) is 11.8. The normalized spacial score (nSPS) is 14.4. The quantitative estimate of drug-likeness (QED) is 0.0507. The zero-order chi connectivity index (χ0) is 30.2. The average molecular weight is 578 g/mol. The van der Waals surface area contributed by atoms with Crippen molar-refractivity contribution >= 4 is 5.91 Å². The van der Waals surface area contributed by atoms with E-state index in [9.17, 15) is 20.1 Å². The van der Waals surface area contributed by atoms with Crippen LogP contribution in [0, 0.1) is 0 Å². The zero-order valence-electron chi connectivity index (χ0n) is 26.9. The van der Waals surface area contributed by atoms with E-state index >= 15 is 0 Å². The monoisotopic (exact) mass is 578 g/mol. The summed E-state index contributed by atoms with van der Waals surface area (Å²) in [6, 6.07) is -0.772. The minimum absolute atomic E-state index is 0.0934. The molecule has 0 aromatic rings. The van der Waals surface area contributed by atoms with Crippen molar-refractivity contribution in [2.24, 2.45) is 0 Å². The number of carbonyl (C=O) groups excluding carboxylic acids is 1. The van der Waals surface area contributed by atoms with Gasteiger partial charge in [0, 0.05) is 0 Å². The Morgan fingerprint density at radius 2 is 1.07 bits per heavy atom. The Kier molecular flexibility index (Phi) is 30.4. The van der Waals surface area contributed by atoms with E-state index in [0.717, 1.165) is 25.7 Å². The number of allylic oxidation sites excluding steroid dienone is 4. The van der Waals surface area contributed by atoms with Gasteiger partial charge in [0.1, 0.15) is 0 Å². The van der Waals surface area contributed by atoms with E-state index in [1.807, 2.05) is 12.2 Å². The Morgan fingerprint density at radius 1 is 0.610 bits per heavy atom. The molecule has 0 aliphatic carbocycles. The van der Waals surface area contributed by atoms with Crippen molar-refractivity contribution in [1.29, 1.82) is 0 Å². The number of aliphatic hydroxyl groups excluding tert-OH is 3. The Balaban J connectivity index is 3.87. The standard InChI is InChI=1S/C36H67NO4/c1-3-5-7-9-11-13-15-16-17-18-20-22-24-26-28-30-35(40)34(32-38)37-36(41)31-33(39)29-27-25-23-21-19-14-12-10-8-6-4-2/h21,23,27-30,33-35,38-40H,3-20,22,24-26,31-32H2,1-2H3,(H,37,41)/b23-21-,29-27-,30-28+. The Morgan fingerprint density at radius 3 is 1.56 bits per heavy atom. The van der Waals surface area contributed by atoms with Crippen LogP contribution in [0.5, 0.6) is 0 Å². The lowest BCUT2D eigenvalue weighted by atomic mass is 10.0. The number of carbonyl (C=O) groups is 1. The summed E-state index contributed by atoms with van der Waals surface area (Å²) >= 11 is 0. The molecule has 0 saturated heterocycles. The van der Waals surface area contributed by atoms with Crippen LogP contribution >= 0.6 is 0 Å². The highest BCUT2D eigenvalue weighted by Crippen LogP contribution is 2.13. The fourth-order valence-electron chi connectivity index (χ4n) is 4.98. The number of hydrogen-bond donors (Lipinski definition) is 4. The topological polar surface area (TPSA) is 89.8 Å². The van der Waals surface area contributed by atoms with Crippen molar-refractivity contribution in [1.82, 2.24) is 5.32 Å². The van der Waals surface area contributed by atoms with Gasteiger partial charge in [-0.3, -0.25) is 4.79 Å². The molecule has 0 bridgehead atoms. The Hall–Kier alpha value is -1.43. The molecule has 4 N–H and O–H groups in total. The van der Waals surface area contributed by atoms with Gasteiger partial charge >= 0.3 is 0 Å². The van der Waals surface area contributed by atoms with Crippen LogP contribution < -0.4 is 5.32 Å². The molecule has 0 aliphatic rings. The molecule has 3 unspecified atom stereocenters. The summed E-state index contributed by atoms with van der Waals surface area (Å²) in [7, 11) is 0. The van der Waals surface area contributed by atoms with Gasteiger partial charge in [-0.25, -0.2) is 0 Å². The van der Waals surface area contributed by atoms with E-state index in [2.05, 4.69) is 31.3 Å². The summed E-state index contributed by atoms with van der Waals surface area (Å²) in [6.45, 7) is 4.14. The van der Waals surface area contributed by atoms with Gasteiger partial charge in [0.15, 0.2) is 0 Å². The van der Waals surface area contributed by atoms with E-state index in [1.165, 1.54) is 116 Å². The molecule has 240 valence electrons. The molecule has 0 aromatic carbocycles. The van der Waals surface area contributed by atoms with E-state index in [-0.39, 0.29) is 18.9 Å². The third-order valence-electron chi connectivity index (χ3n) is 7.68. The minimum Gasteiger partial charge on any atom is -0.394 e. The lowest BCUT2D eigenvalue weighted by molar-refractivity contribution is -0.124. The van der Waals surface area contributed by atoms with Crippen LogP contribution in [0.3, 0.4) is 0 Å². The van der Waals surface area contributed by atoms with Crippen LogP contribution in [0.1, 0.15) is 162 Å². The van der Waals surface area contributed by atoms with E-state index in [4.69, 9.17) is 0 Å². The molecule has 0 radical (unpaired) electrons. The molecule has 41 heavy (non-hydrogen) atoms. The van der Waals surface area contributed by atoms with Gasteiger partial charge in [-0.15, -0.1) is 0 Å². The predicted molar refractivity (Wildman–Crippen MR) is 176 cm³/mol. The largest absolute Gasteiger partial charge is 0.394 e. The number of rotatable bonds is 30. The number of unbranched alkanes of at least 4 members (excludes halogenated alkanes) is 19. The molecule has 0 spiro atoms. The van der Waals surface area contributed by atoms with Gasteiger partial charge in [-0.2, -0.15) is 0 Å². The fraction of sp³-hybridized carbons (Fsp3) is 0.806. The molecule has 0 rings (SSSR count). The molecule has 0 saturated carbocycles. The number of amides is 1. The molecular formula is C36H67NO4. The summed E-state index contributed by atoms with van der Waals surface area (Å²) in [5.74, 6) is -0.385. The summed E-state index contributed by atoms with van der Waals surface area (Å²) in [6.07, 6.45) is 37.1. The van der Waals surface area contributed by atoms with Gasteiger partial charge in [-0.05, 0) is 32.1 Å². The number of nitrogens with one attached hydrogen (secondary N) is 1. The maximum Gasteiger partial charge on any atom is 0.223 e. The molecule has 0 fully saturated rings.